The van der Waals surface area contributed by atoms with Crippen LogP contribution >= 0.6 is 12.4 Å². The summed E-state index contributed by atoms with van der Waals surface area (Å²) in [7, 11) is -2.39. The first-order valence-electron chi connectivity index (χ1n) is 6.54. The molecular formula is C13H20ClFN2O3S. The number of halogens is 2. The average molecular weight is 339 g/mol. The fourth-order valence-electron chi connectivity index (χ4n) is 2.55. The van der Waals surface area contributed by atoms with Crippen LogP contribution in [0.4, 0.5) is 4.39 Å². The third-order valence-electron chi connectivity index (χ3n) is 3.70. The predicted molar refractivity (Wildman–Crippen MR) is 80.7 cm³/mol. The van der Waals surface area contributed by atoms with Crippen LogP contribution in [-0.4, -0.2) is 28.1 Å². The van der Waals surface area contributed by atoms with E-state index in [1.54, 1.807) is 0 Å². The number of sulfonamides is 1. The minimum Gasteiger partial charge on any atom is -0.494 e. The average Bonchev–Trinajstić information content (AvgIpc) is 2.85. The Bertz CT molecular complexity index is 583. The van der Waals surface area contributed by atoms with Gasteiger partial charge in [0.05, 0.1) is 12.0 Å². The molecule has 0 amide bonds. The van der Waals surface area contributed by atoms with E-state index >= 15 is 0 Å². The maximum atomic E-state index is 13.3. The summed E-state index contributed by atoms with van der Waals surface area (Å²) in [5.74, 6) is -0.519. The molecule has 1 aliphatic rings. The summed E-state index contributed by atoms with van der Waals surface area (Å²) in [4.78, 5) is -0.00146. The van der Waals surface area contributed by atoms with Crippen LogP contribution in [0.2, 0.25) is 0 Å². The summed E-state index contributed by atoms with van der Waals surface area (Å²) in [5, 5.41) is 0. The number of hydrogen-bond acceptors (Lipinski definition) is 4. The van der Waals surface area contributed by atoms with E-state index in [1.165, 1.54) is 19.2 Å². The van der Waals surface area contributed by atoms with Gasteiger partial charge in [-0.05, 0) is 37.4 Å². The Kier molecular flexibility index (Phi) is 6.40. The topological polar surface area (TPSA) is 81.4 Å². The largest absolute Gasteiger partial charge is 0.494 e. The molecule has 2 rings (SSSR count). The molecule has 2 atom stereocenters. The van der Waals surface area contributed by atoms with Crippen LogP contribution in [-0.2, 0) is 10.0 Å². The third kappa shape index (κ3) is 4.06. The van der Waals surface area contributed by atoms with Crippen LogP contribution < -0.4 is 15.2 Å². The molecule has 2 unspecified atom stereocenters. The van der Waals surface area contributed by atoms with Crippen molar-refractivity contribution in [3.05, 3.63) is 24.0 Å². The molecule has 0 radical (unpaired) electrons. The van der Waals surface area contributed by atoms with Gasteiger partial charge in [-0.3, -0.25) is 0 Å². The van der Waals surface area contributed by atoms with E-state index in [1.807, 2.05) is 0 Å². The SMILES string of the molecule is COc1cc(S(=O)(=O)NC2CCCC2CN)ccc1F.Cl. The van der Waals surface area contributed by atoms with Gasteiger partial charge in [-0.15, -0.1) is 12.4 Å². The molecule has 0 spiro atoms. The lowest BCUT2D eigenvalue weighted by Crippen LogP contribution is -2.39. The lowest BCUT2D eigenvalue weighted by Gasteiger charge is -2.19. The van der Waals surface area contributed by atoms with E-state index in [4.69, 9.17) is 10.5 Å². The zero-order chi connectivity index (χ0) is 14.8. The molecule has 21 heavy (non-hydrogen) atoms. The molecule has 1 aliphatic carbocycles. The van der Waals surface area contributed by atoms with Crippen molar-refractivity contribution >= 4 is 22.4 Å². The van der Waals surface area contributed by atoms with Crippen LogP contribution in [0.25, 0.3) is 0 Å². The molecule has 0 aliphatic heterocycles. The van der Waals surface area contributed by atoms with Crippen LogP contribution in [0.1, 0.15) is 19.3 Å². The minimum absolute atomic E-state index is 0. The second kappa shape index (κ2) is 7.40. The van der Waals surface area contributed by atoms with Crippen LogP contribution in [0.5, 0.6) is 5.75 Å². The van der Waals surface area contributed by atoms with E-state index in [9.17, 15) is 12.8 Å². The molecule has 0 bridgehead atoms. The number of ether oxygens (including phenoxy) is 1. The van der Waals surface area contributed by atoms with E-state index in [-0.39, 0.29) is 35.0 Å². The Morgan fingerprint density at radius 2 is 2.14 bits per heavy atom. The zero-order valence-corrected chi connectivity index (χ0v) is 13.3. The van der Waals surface area contributed by atoms with Gasteiger partial charge in [0.15, 0.2) is 11.6 Å². The Hall–Kier alpha value is -0.890. The Morgan fingerprint density at radius 3 is 2.76 bits per heavy atom. The number of methoxy groups -OCH3 is 1. The van der Waals surface area contributed by atoms with Crippen molar-refractivity contribution < 1.29 is 17.5 Å². The highest BCUT2D eigenvalue weighted by Gasteiger charge is 2.30. The van der Waals surface area contributed by atoms with Gasteiger partial charge in [-0.1, -0.05) is 6.42 Å². The number of hydrogen-bond donors (Lipinski definition) is 2. The molecule has 120 valence electrons. The fraction of sp³-hybridized carbons (Fsp3) is 0.538. The fourth-order valence-corrected chi connectivity index (χ4v) is 3.90. The normalized spacial score (nSPS) is 21.9. The summed E-state index contributed by atoms with van der Waals surface area (Å²) in [6.45, 7) is 0.458. The molecule has 1 saturated carbocycles. The highest BCUT2D eigenvalue weighted by molar-refractivity contribution is 7.89. The first-order chi connectivity index (χ1) is 9.47. The highest BCUT2D eigenvalue weighted by Crippen LogP contribution is 2.27. The van der Waals surface area contributed by atoms with Gasteiger partial charge in [0.1, 0.15) is 0 Å². The predicted octanol–water partition coefficient (Wildman–Crippen LogP) is 1.66. The summed E-state index contributed by atoms with van der Waals surface area (Å²) in [6.07, 6.45) is 2.66. The minimum atomic E-state index is -3.69. The second-order valence-electron chi connectivity index (χ2n) is 4.95. The smallest absolute Gasteiger partial charge is 0.240 e. The lowest BCUT2D eigenvalue weighted by molar-refractivity contribution is 0.385. The Morgan fingerprint density at radius 1 is 1.43 bits per heavy atom. The van der Waals surface area contributed by atoms with Gasteiger partial charge in [0.2, 0.25) is 10.0 Å². The second-order valence-corrected chi connectivity index (χ2v) is 6.66. The van der Waals surface area contributed by atoms with Gasteiger partial charge in [-0.25, -0.2) is 17.5 Å². The van der Waals surface area contributed by atoms with Crippen molar-refractivity contribution in [1.29, 1.82) is 0 Å². The zero-order valence-electron chi connectivity index (χ0n) is 11.7. The van der Waals surface area contributed by atoms with Crippen molar-refractivity contribution in [1.82, 2.24) is 4.72 Å². The molecule has 0 saturated heterocycles. The van der Waals surface area contributed by atoms with Gasteiger partial charge in [-0.2, -0.15) is 0 Å². The van der Waals surface area contributed by atoms with Gasteiger partial charge >= 0.3 is 0 Å². The molecular weight excluding hydrogens is 319 g/mol. The van der Waals surface area contributed by atoms with E-state index in [2.05, 4.69) is 4.72 Å². The number of nitrogens with one attached hydrogen (secondary N) is 1. The molecule has 8 heteroatoms. The highest BCUT2D eigenvalue weighted by atomic mass is 35.5. The lowest BCUT2D eigenvalue weighted by atomic mass is 10.1. The van der Waals surface area contributed by atoms with Crippen LogP contribution in [0.3, 0.4) is 0 Å². The van der Waals surface area contributed by atoms with Crippen molar-refractivity contribution in [2.45, 2.75) is 30.2 Å². The van der Waals surface area contributed by atoms with Crippen molar-refractivity contribution in [2.24, 2.45) is 11.7 Å². The first-order valence-corrected chi connectivity index (χ1v) is 8.02. The Labute approximate surface area is 130 Å². The summed E-state index contributed by atoms with van der Waals surface area (Å²) in [6, 6.07) is 3.35. The molecule has 1 aromatic carbocycles. The molecule has 5 nitrogen and oxygen atoms in total. The quantitative estimate of drug-likeness (QED) is 0.855. The molecule has 0 heterocycles. The maximum Gasteiger partial charge on any atom is 0.240 e. The Balaban J connectivity index is 0.00000220. The maximum absolute atomic E-state index is 13.3. The first kappa shape index (κ1) is 18.2. The summed E-state index contributed by atoms with van der Waals surface area (Å²) in [5.41, 5.74) is 5.64. The molecule has 0 aromatic heterocycles. The van der Waals surface area contributed by atoms with Crippen molar-refractivity contribution in [2.75, 3.05) is 13.7 Å². The van der Waals surface area contributed by atoms with Gasteiger partial charge in [0, 0.05) is 12.1 Å². The number of benzene rings is 1. The summed E-state index contributed by atoms with van der Waals surface area (Å²) < 4.78 is 45.4. The standard InChI is InChI=1S/C13H19FN2O3S.ClH/c1-19-13-7-10(5-6-11(13)14)20(17,18)16-12-4-2-3-9(12)8-15;/h5-7,9,12,16H,2-4,8,15H2,1H3;1H. The van der Waals surface area contributed by atoms with E-state index < -0.39 is 15.8 Å². The van der Waals surface area contributed by atoms with Crippen LogP contribution in [0.15, 0.2) is 23.1 Å². The van der Waals surface area contributed by atoms with Gasteiger partial charge in [0.25, 0.3) is 0 Å². The van der Waals surface area contributed by atoms with Gasteiger partial charge < -0.3 is 10.5 Å². The molecule has 3 N–H and O–H groups in total. The molecule has 1 aromatic rings. The monoisotopic (exact) mass is 338 g/mol. The number of rotatable bonds is 5. The number of nitrogens with two attached hydrogens (primary N) is 1. The summed E-state index contributed by atoms with van der Waals surface area (Å²) >= 11 is 0. The van der Waals surface area contributed by atoms with E-state index in [0.29, 0.717) is 6.54 Å². The molecule has 1 fully saturated rings. The third-order valence-corrected chi connectivity index (χ3v) is 5.19. The van der Waals surface area contributed by atoms with Crippen LogP contribution in [0, 0.1) is 11.7 Å². The van der Waals surface area contributed by atoms with Crippen molar-refractivity contribution in [3.8, 4) is 5.75 Å². The van der Waals surface area contributed by atoms with E-state index in [0.717, 1.165) is 25.3 Å². The van der Waals surface area contributed by atoms with Crippen molar-refractivity contribution in [3.63, 3.8) is 0 Å².